The molecule has 0 unspecified atom stereocenters. The molecule has 0 aliphatic heterocycles. The first-order valence-corrected chi connectivity index (χ1v) is 6.92. The van der Waals surface area contributed by atoms with E-state index >= 15 is 0 Å². The van der Waals surface area contributed by atoms with Crippen LogP contribution < -0.4 is 33.2 Å². The second-order valence-electron chi connectivity index (χ2n) is 3.69. The number of rotatable bonds is 3. The molecule has 2 aromatic rings. The molecule has 0 aliphatic rings. The molecule has 2 aromatic heterocycles. The standard InChI is InChI=1S/C10H12N6O2S2/c11-9(17)15(13)7-3-1-5(19-7)6-2-4-8(20-6)16(14)10(12)18/h1-4H,13-14H2,(H2,11,17)(H2,12,18). The lowest BCUT2D eigenvalue weighted by Gasteiger charge is -2.10. The van der Waals surface area contributed by atoms with Crippen LogP contribution >= 0.6 is 22.7 Å². The average Bonchev–Trinajstić information content (AvgIpc) is 3.05. The summed E-state index contributed by atoms with van der Waals surface area (Å²) in [5.41, 5.74) is 10.2. The molecule has 2 rings (SSSR count). The summed E-state index contributed by atoms with van der Waals surface area (Å²) in [5.74, 6) is 11.0. The Balaban J connectivity index is 2.25. The van der Waals surface area contributed by atoms with E-state index in [1.165, 1.54) is 22.7 Å². The van der Waals surface area contributed by atoms with E-state index in [2.05, 4.69) is 0 Å². The third-order valence-electron chi connectivity index (χ3n) is 2.38. The van der Waals surface area contributed by atoms with Gasteiger partial charge in [-0.3, -0.25) is 0 Å². The fraction of sp³-hybridized carbons (Fsp3) is 0. The zero-order valence-electron chi connectivity index (χ0n) is 10.1. The van der Waals surface area contributed by atoms with Gasteiger partial charge in [-0.25, -0.2) is 31.3 Å². The van der Waals surface area contributed by atoms with Gasteiger partial charge in [0.15, 0.2) is 0 Å². The Kier molecular flexibility index (Phi) is 3.90. The highest BCUT2D eigenvalue weighted by atomic mass is 32.1. The third-order valence-corrected chi connectivity index (χ3v) is 4.74. The van der Waals surface area contributed by atoms with Gasteiger partial charge in [-0.2, -0.15) is 0 Å². The summed E-state index contributed by atoms with van der Waals surface area (Å²) in [6, 6.07) is 5.46. The molecule has 8 N–H and O–H groups in total. The first-order valence-electron chi connectivity index (χ1n) is 5.28. The molecule has 0 saturated carbocycles. The highest BCUT2D eigenvalue weighted by Crippen LogP contribution is 2.38. The topological polar surface area (TPSA) is 145 Å². The van der Waals surface area contributed by atoms with Crippen LogP contribution in [0.2, 0.25) is 0 Å². The van der Waals surface area contributed by atoms with E-state index in [1.807, 2.05) is 0 Å². The number of nitrogens with two attached hydrogens (primary N) is 4. The molecule has 2 heterocycles. The minimum absolute atomic E-state index is 0.516. The van der Waals surface area contributed by atoms with Crippen LogP contribution in [0.1, 0.15) is 0 Å². The van der Waals surface area contributed by atoms with E-state index in [-0.39, 0.29) is 0 Å². The van der Waals surface area contributed by atoms with Crippen molar-refractivity contribution in [3.05, 3.63) is 24.3 Å². The SMILES string of the molecule is NC(=O)N(N)c1ccc(-c2ccc(N(N)C(N)=O)s2)s1. The van der Waals surface area contributed by atoms with E-state index in [0.717, 1.165) is 19.8 Å². The first-order chi connectivity index (χ1) is 9.40. The van der Waals surface area contributed by atoms with Crippen LogP contribution in [-0.2, 0) is 0 Å². The second-order valence-corrected chi connectivity index (χ2v) is 5.82. The van der Waals surface area contributed by atoms with E-state index in [0.29, 0.717) is 10.0 Å². The van der Waals surface area contributed by atoms with E-state index in [4.69, 9.17) is 23.2 Å². The highest BCUT2D eigenvalue weighted by Gasteiger charge is 2.14. The highest BCUT2D eigenvalue weighted by molar-refractivity contribution is 7.25. The molecular formula is C10H12N6O2S2. The van der Waals surface area contributed by atoms with Crippen LogP contribution in [0.25, 0.3) is 9.75 Å². The third kappa shape index (κ3) is 2.72. The number of hydrazine groups is 2. The van der Waals surface area contributed by atoms with Gasteiger partial charge < -0.3 is 11.5 Å². The van der Waals surface area contributed by atoms with Gasteiger partial charge in [-0.05, 0) is 24.3 Å². The molecule has 20 heavy (non-hydrogen) atoms. The van der Waals surface area contributed by atoms with Gasteiger partial charge in [0.1, 0.15) is 10.0 Å². The van der Waals surface area contributed by atoms with Gasteiger partial charge in [-0.15, -0.1) is 22.7 Å². The first kappa shape index (κ1) is 14.3. The van der Waals surface area contributed by atoms with Crippen LogP contribution in [0.3, 0.4) is 0 Å². The van der Waals surface area contributed by atoms with Crippen LogP contribution in [0.15, 0.2) is 24.3 Å². The minimum atomic E-state index is -0.743. The van der Waals surface area contributed by atoms with Crippen molar-refractivity contribution >= 4 is 44.7 Å². The Morgan fingerprint density at radius 2 is 1.15 bits per heavy atom. The van der Waals surface area contributed by atoms with Gasteiger partial charge in [0.25, 0.3) is 0 Å². The van der Waals surface area contributed by atoms with Gasteiger partial charge in [0.2, 0.25) is 0 Å². The van der Waals surface area contributed by atoms with Crippen molar-refractivity contribution in [1.29, 1.82) is 0 Å². The summed E-state index contributed by atoms with van der Waals surface area (Å²) in [4.78, 5) is 23.7. The van der Waals surface area contributed by atoms with Crippen LogP contribution in [0.5, 0.6) is 0 Å². The molecule has 0 atom stereocenters. The monoisotopic (exact) mass is 312 g/mol. The number of hydrogen-bond donors (Lipinski definition) is 4. The summed E-state index contributed by atoms with van der Waals surface area (Å²) in [5, 5.41) is 2.76. The Morgan fingerprint density at radius 1 is 0.800 bits per heavy atom. The van der Waals surface area contributed by atoms with Gasteiger partial charge >= 0.3 is 12.1 Å². The molecule has 0 spiro atoms. The number of amides is 4. The summed E-state index contributed by atoms with van der Waals surface area (Å²) in [7, 11) is 0. The van der Waals surface area contributed by atoms with Crippen LogP contribution in [0, 0.1) is 0 Å². The number of carbonyl (C=O) groups excluding carboxylic acids is 2. The van der Waals surface area contributed by atoms with E-state index in [9.17, 15) is 9.59 Å². The normalized spacial score (nSPS) is 10.3. The molecular weight excluding hydrogens is 300 g/mol. The summed E-state index contributed by atoms with van der Waals surface area (Å²) in [6.07, 6.45) is 0. The van der Waals surface area contributed by atoms with Crippen LogP contribution in [-0.4, -0.2) is 12.1 Å². The minimum Gasteiger partial charge on any atom is -0.350 e. The molecule has 0 bridgehead atoms. The smallest absolute Gasteiger partial charge is 0.334 e. The zero-order chi connectivity index (χ0) is 14.9. The van der Waals surface area contributed by atoms with E-state index in [1.54, 1.807) is 24.3 Å². The van der Waals surface area contributed by atoms with Crippen molar-refractivity contribution in [3.63, 3.8) is 0 Å². The Hall–Kier alpha value is -2.14. The molecule has 0 saturated heterocycles. The molecule has 8 nitrogen and oxygen atoms in total. The molecule has 0 aromatic carbocycles. The average molecular weight is 312 g/mol. The molecule has 4 amide bonds. The van der Waals surface area contributed by atoms with Gasteiger partial charge in [0, 0.05) is 9.75 Å². The van der Waals surface area contributed by atoms with Crippen molar-refractivity contribution < 1.29 is 9.59 Å². The fourth-order valence-corrected chi connectivity index (χ4v) is 3.36. The second kappa shape index (κ2) is 5.46. The maximum atomic E-state index is 11.0. The van der Waals surface area contributed by atoms with Crippen molar-refractivity contribution in [2.24, 2.45) is 23.2 Å². The van der Waals surface area contributed by atoms with Gasteiger partial charge in [0.05, 0.1) is 0 Å². The van der Waals surface area contributed by atoms with Crippen molar-refractivity contribution in [3.8, 4) is 9.75 Å². The van der Waals surface area contributed by atoms with Crippen molar-refractivity contribution in [1.82, 2.24) is 0 Å². The lowest BCUT2D eigenvalue weighted by atomic mass is 10.4. The van der Waals surface area contributed by atoms with E-state index < -0.39 is 12.1 Å². The molecule has 0 aliphatic carbocycles. The largest absolute Gasteiger partial charge is 0.350 e. The fourth-order valence-electron chi connectivity index (χ4n) is 1.40. The number of thiophene rings is 2. The summed E-state index contributed by atoms with van der Waals surface area (Å²) >= 11 is 2.58. The summed E-state index contributed by atoms with van der Waals surface area (Å²) < 4.78 is 0. The van der Waals surface area contributed by atoms with Crippen molar-refractivity contribution in [2.45, 2.75) is 0 Å². The maximum Gasteiger partial charge on any atom is 0.334 e. The van der Waals surface area contributed by atoms with Crippen molar-refractivity contribution in [2.75, 3.05) is 10.0 Å². The van der Waals surface area contributed by atoms with Crippen LogP contribution in [0.4, 0.5) is 19.6 Å². The Morgan fingerprint density at radius 3 is 1.45 bits per heavy atom. The number of nitrogens with zero attached hydrogens (tertiary/aromatic N) is 2. The Bertz CT molecular complexity index is 595. The van der Waals surface area contributed by atoms with Gasteiger partial charge in [-0.1, -0.05) is 0 Å². The molecule has 0 fully saturated rings. The number of anilines is 2. The molecule has 106 valence electrons. The lowest BCUT2D eigenvalue weighted by Crippen LogP contribution is -2.40. The Labute approximate surface area is 122 Å². The predicted molar refractivity (Wildman–Crippen MR) is 80.1 cm³/mol. The molecule has 10 heteroatoms. The predicted octanol–water partition coefficient (Wildman–Crippen LogP) is 0.994. The lowest BCUT2D eigenvalue weighted by molar-refractivity contribution is 0.253. The maximum absolute atomic E-state index is 11.0. The summed E-state index contributed by atoms with van der Waals surface area (Å²) in [6.45, 7) is 0. The zero-order valence-corrected chi connectivity index (χ0v) is 11.8. The quantitative estimate of drug-likeness (QED) is 0.380. The number of carbonyl (C=O) groups is 2. The number of hydrogen-bond acceptors (Lipinski definition) is 6. The molecule has 0 radical (unpaired) electrons. The number of urea groups is 2. The number of primary amides is 2.